The molecule has 138 valence electrons. The molecule has 2 unspecified atom stereocenters. The van der Waals surface area contributed by atoms with E-state index >= 15 is 0 Å². The van der Waals surface area contributed by atoms with Gasteiger partial charge in [-0.15, -0.1) is 0 Å². The molecule has 2 aliphatic carbocycles. The summed E-state index contributed by atoms with van der Waals surface area (Å²) in [4.78, 5) is 0. The van der Waals surface area contributed by atoms with Crippen LogP contribution in [0.5, 0.6) is 5.75 Å². The van der Waals surface area contributed by atoms with Crippen LogP contribution in [0.15, 0.2) is 48.5 Å². The van der Waals surface area contributed by atoms with Crippen molar-refractivity contribution < 1.29 is 4.74 Å². The Morgan fingerprint density at radius 3 is 2.04 bits per heavy atom. The summed E-state index contributed by atoms with van der Waals surface area (Å²) in [5.41, 5.74) is 4.22. The molecule has 0 heterocycles. The average molecular weight is 349 g/mol. The third-order valence-corrected chi connectivity index (χ3v) is 6.51. The van der Waals surface area contributed by atoms with E-state index in [9.17, 15) is 0 Å². The van der Waals surface area contributed by atoms with Gasteiger partial charge in [0, 0.05) is 5.41 Å². The first-order valence-corrected chi connectivity index (χ1v) is 10.3. The summed E-state index contributed by atoms with van der Waals surface area (Å²) in [6.07, 6.45) is 6.68. The Bertz CT molecular complexity index is 722. The molecule has 4 rings (SSSR count). The maximum absolute atomic E-state index is 5.88. The Hall–Kier alpha value is -1.76. The first-order chi connectivity index (χ1) is 12.5. The molecule has 0 spiro atoms. The Morgan fingerprint density at radius 2 is 1.50 bits per heavy atom. The molecule has 2 aromatic carbocycles. The highest BCUT2D eigenvalue weighted by atomic mass is 16.5. The number of ether oxygens (including phenoxy) is 1. The average Bonchev–Trinajstić information content (AvgIpc) is 3.57. The molecule has 2 saturated carbocycles. The molecule has 0 N–H and O–H groups in total. The maximum atomic E-state index is 5.88. The van der Waals surface area contributed by atoms with Gasteiger partial charge in [0.1, 0.15) is 5.75 Å². The lowest BCUT2D eigenvalue weighted by Crippen LogP contribution is -2.18. The van der Waals surface area contributed by atoms with Gasteiger partial charge in [0.25, 0.3) is 0 Å². The minimum Gasteiger partial charge on any atom is -0.493 e. The van der Waals surface area contributed by atoms with Crippen molar-refractivity contribution in [2.24, 2.45) is 17.8 Å². The Morgan fingerprint density at radius 1 is 0.923 bits per heavy atom. The van der Waals surface area contributed by atoms with Crippen molar-refractivity contribution in [1.82, 2.24) is 0 Å². The predicted molar refractivity (Wildman–Crippen MR) is 109 cm³/mol. The van der Waals surface area contributed by atoms with Crippen LogP contribution in [0.25, 0.3) is 0 Å². The zero-order valence-electron chi connectivity index (χ0n) is 16.5. The molecular weight excluding hydrogens is 316 g/mol. The van der Waals surface area contributed by atoms with Crippen molar-refractivity contribution in [2.75, 3.05) is 6.61 Å². The van der Waals surface area contributed by atoms with Crippen molar-refractivity contribution in [3.8, 4) is 5.75 Å². The van der Waals surface area contributed by atoms with Crippen LogP contribution >= 0.6 is 0 Å². The van der Waals surface area contributed by atoms with E-state index in [0.29, 0.717) is 0 Å². The standard InChI is InChI=1S/C25H32O/c1-18-16-21(18)9-6-19-7-10-22(11-8-19)25(2,3)23-12-14-24(15-13-23)26-17-20-4-5-20/h7-8,10-15,18,20-21H,4-6,9,16-17H2,1-3H3. The third kappa shape index (κ3) is 4.14. The topological polar surface area (TPSA) is 9.23 Å². The molecule has 26 heavy (non-hydrogen) atoms. The van der Waals surface area contributed by atoms with Crippen LogP contribution in [0, 0.1) is 17.8 Å². The van der Waals surface area contributed by atoms with Crippen LogP contribution in [0.3, 0.4) is 0 Å². The second-order valence-corrected chi connectivity index (χ2v) is 9.11. The van der Waals surface area contributed by atoms with Gasteiger partial charge in [-0.2, -0.15) is 0 Å². The van der Waals surface area contributed by atoms with Crippen LogP contribution in [0.2, 0.25) is 0 Å². The van der Waals surface area contributed by atoms with Crippen LogP contribution in [-0.2, 0) is 11.8 Å². The van der Waals surface area contributed by atoms with E-state index in [-0.39, 0.29) is 5.41 Å². The quantitative estimate of drug-likeness (QED) is 0.537. The summed E-state index contributed by atoms with van der Waals surface area (Å²) in [5, 5.41) is 0. The first kappa shape index (κ1) is 17.6. The van der Waals surface area contributed by atoms with Crippen LogP contribution in [-0.4, -0.2) is 6.61 Å². The monoisotopic (exact) mass is 348 g/mol. The van der Waals surface area contributed by atoms with Gasteiger partial charge in [-0.25, -0.2) is 0 Å². The minimum atomic E-state index is 0.0125. The number of hydrogen-bond donors (Lipinski definition) is 0. The molecule has 0 saturated heterocycles. The Kier molecular flexibility index (Phi) is 4.82. The summed E-state index contributed by atoms with van der Waals surface area (Å²) in [6.45, 7) is 7.88. The van der Waals surface area contributed by atoms with Gasteiger partial charge in [-0.05, 0) is 78.7 Å². The molecule has 2 aliphatic rings. The lowest BCUT2D eigenvalue weighted by molar-refractivity contribution is 0.299. The molecule has 1 nitrogen and oxygen atoms in total. The first-order valence-electron chi connectivity index (χ1n) is 10.3. The van der Waals surface area contributed by atoms with Crippen LogP contribution in [0.1, 0.15) is 63.1 Å². The highest BCUT2D eigenvalue weighted by molar-refractivity contribution is 5.41. The van der Waals surface area contributed by atoms with Crippen molar-refractivity contribution in [3.05, 3.63) is 65.2 Å². The molecule has 0 aromatic heterocycles. The van der Waals surface area contributed by atoms with Crippen LogP contribution in [0.4, 0.5) is 0 Å². The van der Waals surface area contributed by atoms with Crippen molar-refractivity contribution in [3.63, 3.8) is 0 Å². The largest absolute Gasteiger partial charge is 0.493 e. The minimum absolute atomic E-state index is 0.0125. The smallest absolute Gasteiger partial charge is 0.119 e. The summed E-state index contributed by atoms with van der Waals surface area (Å²) in [7, 11) is 0. The Balaban J connectivity index is 1.39. The van der Waals surface area contributed by atoms with Gasteiger partial charge < -0.3 is 4.74 Å². The second kappa shape index (κ2) is 7.10. The summed E-state index contributed by atoms with van der Waals surface area (Å²) >= 11 is 0. The molecule has 0 amide bonds. The zero-order valence-corrected chi connectivity index (χ0v) is 16.5. The van der Waals surface area contributed by atoms with Crippen molar-refractivity contribution >= 4 is 0 Å². The summed E-state index contributed by atoms with van der Waals surface area (Å²) < 4.78 is 5.88. The highest BCUT2D eigenvalue weighted by Crippen LogP contribution is 2.41. The van der Waals surface area contributed by atoms with Crippen molar-refractivity contribution in [1.29, 1.82) is 0 Å². The van der Waals surface area contributed by atoms with E-state index in [1.54, 1.807) is 0 Å². The van der Waals surface area contributed by atoms with Crippen molar-refractivity contribution in [2.45, 2.75) is 58.3 Å². The highest BCUT2D eigenvalue weighted by Gasteiger charge is 2.31. The molecule has 1 heteroatoms. The summed E-state index contributed by atoms with van der Waals surface area (Å²) in [5.74, 6) is 3.74. The predicted octanol–water partition coefficient (Wildman–Crippen LogP) is 6.39. The molecule has 0 bridgehead atoms. The van der Waals surface area contributed by atoms with Gasteiger partial charge in [0.05, 0.1) is 6.61 Å². The Labute approximate surface area is 158 Å². The third-order valence-electron chi connectivity index (χ3n) is 6.51. The van der Waals surface area contributed by atoms with Gasteiger partial charge in [0.15, 0.2) is 0 Å². The van der Waals surface area contributed by atoms with E-state index in [1.807, 2.05) is 0 Å². The number of aryl methyl sites for hydroxylation is 1. The SMILES string of the molecule is CC1CC1CCc1ccc(C(C)(C)c2ccc(OCC3CC3)cc2)cc1. The lowest BCUT2D eigenvalue weighted by Gasteiger charge is -2.26. The lowest BCUT2D eigenvalue weighted by atomic mass is 9.78. The van der Waals surface area contributed by atoms with E-state index < -0.39 is 0 Å². The molecule has 2 aromatic rings. The van der Waals surface area contributed by atoms with E-state index in [2.05, 4.69) is 69.3 Å². The number of hydrogen-bond acceptors (Lipinski definition) is 1. The number of rotatable bonds is 8. The molecule has 0 radical (unpaired) electrons. The van der Waals surface area contributed by atoms with Gasteiger partial charge in [-0.1, -0.05) is 57.2 Å². The van der Waals surface area contributed by atoms with E-state index in [1.165, 1.54) is 48.8 Å². The molecule has 0 aliphatic heterocycles. The fourth-order valence-electron chi connectivity index (χ4n) is 3.87. The van der Waals surface area contributed by atoms with E-state index in [0.717, 1.165) is 30.1 Å². The fraction of sp³-hybridized carbons (Fsp3) is 0.520. The summed E-state index contributed by atoms with van der Waals surface area (Å²) in [6, 6.07) is 18.0. The molecule has 2 atom stereocenters. The molecule has 2 fully saturated rings. The normalized spacial score (nSPS) is 22.3. The van der Waals surface area contributed by atoms with Crippen LogP contribution < -0.4 is 4.74 Å². The van der Waals surface area contributed by atoms with Gasteiger partial charge >= 0.3 is 0 Å². The maximum Gasteiger partial charge on any atom is 0.119 e. The van der Waals surface area contributed by atoms with Gasteiger partial charge in [-0.3, -0.25) is 0 Å². The fourth-order valence-corrected chi connectivity index (χ4v) is 3.87. The van der Waals surface area contributed by atoms with Gasteiger partial charge in [0.2, 0.25) is 0 Å². The van der Waals surface area contributed by atoms with E-state index in [4.69, 9.17) is 4.74 Å². The zero-order chi connectivity index (χ0) is 18.1. The second-order valence-electron chi connectivity index (χ2n) is 9.11. The number of benzene rings is 2. The molecular formula is C25H32O.